The summed E-state index contributed by atoms with van der Waals surface area (Å²) in [4.78, 5) is 18.6. The smallest absolute Gasteiger partial charge is 0.147 e. The van der Waals surface area contributed by atoms with Crippen molar-refractivity contribution in [2.24, 2.45) is 5.92 Å². The first kappa shape index (κ1) is 14.1. The molecule has 23 heavy (non-hydrogen) atoms. The highest BCUT2D eigenvalue weighted by atomic mass is 16.3. The van der Waals surface area contributed by atoms with Crippen molar-refractivity contribution >= 4 is 16.9 Å². The fourth-order valence-electron chi connectivity index (χ4n) is 3.21. The molecule has 3 heterocycles. The number of H-pyrrole nitrogens is 1. The molecular formula is C17H19N5O. The first-order chi connectivity index (χ1) is 11.3. The highest BCUT2D eigenvalue weighted by Crippen LogP contribution is 2.30. The fraction of sp³-hybridized carbons (Fsp3) is 0.353. The largest absolute Gasteiger partial charge is 0.385 e. The Balaban J connectivity index is 1.46. The molecule has 0 amide bonds. The van der Waals surface area contributed by atoms with E-state index in [0.717, 1.165) is 42.8 Å². The quantitative estimate of drug-likeness (QED) is 0.776. The van der Waals surface area contributed by atoms with Gasteiger partial charge in [0.25, 0.3) is 0 Å². The highest BCUT2D eigenvalue weighted by Gasteiger charge is 2.28. The van der Waals surface area contributed by atoms with Crippen molar-refractivity contribution in [3.8, 4) is 0 Å². The number of aliphatic hydroxyl groups is 1. The molecule has 0 aliphatic carbocycles. The Morgan fingerprint density at radius 2 is 1.91 bits per heavy atom. The standard InChI is InChI=1S/C17H19N5O/c23-16(17-18-7-8-19-17)12-5-9-22(10-6-12)15-11-20-13-3-1-2-4-14(13)21-15/h1-4,7-8,11-12,16,23H,5-6,9-10H2,(H,18,19)/t16-/m1/s1. The van der Waals surface area contributed by atoms with Crippen LogP contribution in [0.4, 0.5) is 5.82 Å². The van der Waals surface area contributed by atoms with E-state index in [1.165, 1.54) is 0 Å². The third kappa shape index (κ3) is 2.77. The fourth-order valence-corrected chi connectivity index (χ4v) is 3.21. The van der Waals surface area contributed by atoms with Gasteiger partial charge in [0.2, 0.25) is 0 Å². The summed E-state index contributed by atoms with van der Waals surface area (Å²) >= 11 is 0. The zero-order chi connectivity index (χ0) is 15.6. The van der Waals surface area contributed by atoms with E-state index in [2.05, 4.69) is 19.9 Å². The van der Waals surface area contributed by atoms with Gasteiger partial charge in [-0.15, -0.1) is 0 Å². The molecule has 2 aromatic heterocycles. The number of aromatic amines is 1. The van der Waals surface area contributed by atoms with Gasteiger partial charge >= 0.3 is 0 Å². The first-order valence-corrected chi connectivity index (χ1v) is 7.95. The minimum absolute atomic E-state index is 0.228. The Labute approximate surface area is 134 Å². The van der Waals surface area contributed by atoms with Crippen molar-refractivity contribution in [2.45, 2.75) is 18.9 Å². The van der Waals surface area contributed by atoms with Gasteiger partial charge in [-0.3, -0.25) is 4.98 Å². The van der Waals surface area contributed by atoms with E-state index in [-0.39, 0.29) is 5.92 Å². The number of hydrogen-bond donors (Lipinski definition) is 2. The van der Waals surface area contributed by atoms with Crippen LogP contribution in [-0.2, 0) is 0 Å². The molecule has 1 fully saturated rings. The van der Waals surface area contributed by atoms with Crippen LogP contribution in [0, 0.1) is 5.92 Å². The van der Waals surface area contributed by atoms with Gasteiger partial charge in [-0.1, -0.05) is 12.1 Å². The van der Waals surface area contributed by atoms with E-state index in [1.807, 2.05) is 30.5 Å². The van der Waals surface area contributed by atoms with E-state index >= 15 is 0 Å². The van der Waals surface area contributed by atoms with Crippen LogP contribution < -0.4 is 4.90 Å². The summed E-state index contributed by atoms with van der Waals surface area (Å²) in [6, 6.07) is 7.91. The molecule has 1 saturated heterocycles. The zero-order valence-electron chi connectivity index (χ0n) is 12.8. The van der Waals surface area contributed by atoms with Crippen LogP contribution in [-0.4, -0.2) is 38.1 Å². The predicted molar refractivity (Wildman–Crippen MR) is 88.0 cm³/mol. The van der Waals surface area contributed by atoms with Crippen molar-refractivity contribution in [1.29, 1.82) is 0 Å². The van der Waals surface area contributed by atoms with Crippen LogP contribution in [0.5, 0.6) is 0 Å². The van der Waals surface area contributed by atoms with Crippen molar-refractivity contribution in [3.63, 3.8) is 0 Å². The Kier molecular flexibility index (Phi) is 3.67. The van der Waals surface area contributed by atoms with E-state index < -0.39 is 6.10 Å². The van der Waals surface area contributed by atoms with Crippen molar-refractivity contribution in [1.82, 2.24) is 19.9 Å². The number of aliphatic hydroxyl groups excluding tert-OH is 1. The molecule has 0 radical (unpaired) electrons. The maximum atomic E-state index is 10.4. The zero-order valence-corrected chi connectivity index (χ0v) is 12.8. The Hall–Kier alpha value is -2.47. The molecule has 1 atom stereocenters. The van der Waals surface area contributed by atoms with Gasteiger partial charge in [-0.05, 0) is 30.9 Å². The summed E-state index contributed by atoms with van der Waals surface area (Å²) in [6.07, 6.45) is 6.57. The Bertz CT molecular complexity index is 781. The third-order valence-electron chi connectivity index (χ3n) is 4.55. The van der Waals surface area contributed by atoms with Gasteiger partial charge in [-0.25, -0.2) is 9.97 Å². The number of anilines is 1. The SMILES string of the molecule is O[C@@H](c1ncc[nH]1)C1CCN(c2cnc3ccccc3n2)CC1. The monoisotopic (exact) mass is 309 g/mol. The topological polar surface area (TPSA) is 77.9 Å². The van der Waals surface area contributed by atoms with Crippen LogP contribution in [0.25, 0.3) is 11.0 Å². The van der Waals surface area contributed by atoms with Gasteiger partial charge in [0.1, 0.15) is 17.7 Å². The van der Waals surface area contributed by atoms with Crippen molar-refractivity contribution < 1.29 is 5.11 Å². The van der Waals surface area contributed by atoms with Gasteiger partial charge in [0.05, 0.1) is 17.2 Å². The number of fused-ring (bicyclic) bond motifs is 1. The molecule has 1 aromatic carbocycles. The normalized spacial score (nSPS) is 17.5. The molecule has 4 rings (SSSR count). The maximum Gasteiger partial charge on any atom is 0.147 e. The minimum Gasteiger partial charge on any atom is -0.385 e. The summed E-state index contributed by atoms with van der Waals surface area (Å²) in [5, 5.41) is 10.4. The lowest BCUT2D eigenvalue weighted by Crippen LogP contribution is -2.36. The molecule has 0 bridgehead atoms. The van der Waals surface area contributed by atoms with Gasteiger partial charge < -0.3 is 15.0 Å². The number of hydrogen-bond acceptors (Lipinski definition) is 5. The summed E-state index contributed by atoms with van der Waals surface area (Å²) in [5.41, 5.74) is 1.84. The molecule has 2 N–H and O–H groups in total. The van der Waals surface area contributed by atoms with Gasteiger partial charge in [-0.2, -0.15) is 0 Å². The van der Waals surface area contributed by atoms with Gasteiger partial charge in [0, 0.05) is 25.5 Å². The Morgan fingerprint density at radius 3 is 2.65 bits per heavy atom. The van der Waals surface area contributed by atoms with E-state index in [1.54, 1.807) is 12.4 Å². The number of piperidine rings is 1. The molecule has 3 aromatic rings. The lowest BCUT2D eigenvalue weighted by molar-refractivity contribution is 0.0856. The Morgan fingerprint density at radius 1 is 1.13 bits per heavy atom. The second-order valence-electron chi connectivity index (χ2n) is 5.96. The van der Waals surface area contributed by atoms with Crippen molar-refractivity contribution in [3.05, 3.63) is 48.7 Å². The number of nitrogens with zero attached hydrogens (tertiary/aromatic N) is 4. The van der Waals surface area contributed by atoms with Crippen LogP contribution in [0.3, 0.4) is 0 Å². The average molecular weight is 309 g/mol. The summed E-state index contributed by atoms with van der Waals surface area (Å²) in [7, 11) is 0. The number of imidazole rings is 1. The molecule has 0 saturated carbocycles. The second kappa shape index (κ2) is 5.96. The minimum atomic E-state index is -0.519. The molecule has 118 valence electrons. The predicted octanol–water partition coefficient (Wildman–Crippen LogP) is 2.30. The van der Waals surface area contributed by atoms with Gasteiger partial charge in [0.15, 0.2) is 0 Å². The first-order valence-electron chi connectivity index (χ1n) is 7.95. The molecule has 0 spiro atoms. The summed E-state index contributed by atoms with van der Waals surface area (Å²) in [5.74, 6) is 1.80. The van der Waals surface area contributed by atoms with Crippen molar-refractivity contribution in [2.75, 3.05) is 18.0 Å². The van der Waals surface area contributed by atoms with E-state index in [0.29, 0.717) is 5.82 Å². The molecule has 1 aliphatic heterocycles. The number of nitrogens with one attached hydrogen (secondary N) is 1. The average Bonchev–Trinajstić information content (AvgIpc) is 3.15. The lowest BCUT2D eigenvalue weighted by Gasteiger charge is -2.34. The molecule has 1 aliphatic rings. The van der Waals surface area contributed by atoms with Crippen LogP contribution >= 0.6 is 0 Å². The van der Waals surface area contributed by atoms with Crippen LogP contribution in [0.2, 0.25) is 0 Å². The molecule has 6 heteroatoms. The number of para-hydroxylation sites is 2. The maximum absolute atomic E-state index is 10.4. The molecule has 0 unspecified atom stereocenters. The molecule has 6 nitrogen and oxygen atoms in total. The van der Waals surface area contributed by atoms with E-state index in [4.69, 9.17) is 4.98 Å². The van der Waals surface area contributed by atoms with Crippen LogP contribution in [0.1, 0.15) is 24.8 Å². The number of aromatic nitrogens is 4. The third-order valence-corrected chi connectivity index (χ3v) is 4.55. The number of rotatable bonds is 3. The lowest BCUT2D eigenvalue weighted by atomic mass is 9.91. The summed E-state index contributed by atoms with van der Waals surface area (Å²) < 4.78 is 0. The highest BCUT2D eigenvalue weighted by molar-refractivity contribution is 5.75. The van der Waals surface area contributed by atoms with E-state index in [9.17, 15) is 5.11 Å². The molecular weight excluding hydrogens is 290 g/mol. The summed E-state index contributed by atoms with van der Waals surface area (Å²) in [6.45, 7) is 1.74. The number of benzene rings is 1. The van der Waals surface area contributed by atoms with Crippen LogP contribution in [0.15, 0.2) is 42.9 Å². The second-order valence-corrected chi connectivity index (χ2v) is 5.96.